The molecule has 5 heteroatoms. The lowest BCUT2D eigenvalue weighted by atomic mass is 9.88. The molecule has 2 N–H and O–H groups in total. The topological polar surface area (TPSA) is 51.0 Å². The second-order valence-electron chi connectivity index (χ2n) is 5.91. The van der Waals surface area contributed by atoms with Crippen LogP contribution < -0.4 is 5.73 Å². The van der Waals surface area contributed by atoms with Crippen LogP contribution in [0.3, 0.4) is 0 Å². The van der Waals surface area contributed by atoms with Crippen LogP contribution in [0.5, 0.6) is 0 Å². The van der Waals surface area contributed by atoms with E-state index in [1.165, 1.54) is 19.4 Å². The zero-order valence-electron chi connectivity index (χ0n) is 13.6. The molecule has 1 saturated heterocycles. The van der Waals surface area contributed by atoms with Crippen molar-refractivity contribution >= 4 is 0 Å². The van der Waals surface area contributed by atoms with E-state index in [0.29, 0.717) is 0 Å². The zero-order chi connectivity index (χ0) is 14.8. The van der Waals surface area contributed by atoms with Crippen molar-refractivity contribution in [2.75, 3.05) is 67.2 Å². The maximum absolute atomic E-state index is 6.20. The molecule has 0 aromatic heterocycles. The average molecular weight is 287 g/mol. The minimum atomic E-state index is 0.136. The van der Waals surface area contributed by atoms with E-state index < -0.39 is 0 Å². The van der Waals surface area contributed by atoms with Crippen molar-refractivity contribution in [2.45, 2.75) is 31.2 Å². The first-order chi connectivity index (χ1) is 9.68. The van der Waals surface area contributed by atoms with Gasteiger partial charge in [-0.3, -0.25) is 4.90 Å². The number of rotatable bonds is 9. The van der Waals surface area contributed by atoms with Crippen LogP contribution >= 0.6 is 0 Å². The summed E-state index contributed by atoms with van der Waals surface area (Å²) < 4.78 is 10.5. The van der Waals surface area contributed by atoms with Crippen molar-refractivity contribution in [2.24, 2.45) is 5.73 Å². The average Bonchev–Trinajstić information content (AvgIpc) is 2.65. The van der Waals surface area contributed by atoms with Gasteiger partial charge in [-0.2, -0.15) is 0 Å². The van der Waals surface area contributed by atoms with Crippen LogP contribution in [0.15, 0.2) is 0 Å². The lowest BCUT2D eigenvalue weighted by Gasteiger charge is -2.43. The van der Waals surface area contributed by atoms with Gasteiger partial charge in [0, 0.05) is 46.0 Å². The maximum Gasteiger partial charge on any atom is 0.0589 e. The quantitative estimate of drug-likeness (QED) is 0.635. The van der Waals surface area contributed by atoms with Crippen LogP contribution in [0.1, 0.15) is 25.7 Å². The number of methoxy groups -OCH3 is 2. The van der Waals surface area contributed by atoms with E-state index in [1.54, 1.807) is 14.2 Å². The molecule has 0 aromatic rings. The van der Waals surface area contributed by atoms with E-state index in [-0.39, 0.29) is 5.54 Å². The molecule has 0 saturated carbocycles. The molecule has 1 aliphatic rings. The minimum absolute atomic E-state index is 0.136. The maximum atomic E-state index is 6.20. The summed E-state index contributed by atoms with van der Waals surface area (Å²) in [6.45, 7) is 6.62. The molecule has 1 unspecified atom stereocenters. The Morgan fingerprint density at radius 3 is 2.50 bits per heavy atom. The molecule has 0 bridgehead atoms. The predicted molar refractivity (Wildman–Crippen MR) is 83.1 cm³/mol. The Bertz CT molecular complexity index is 253. The predicted octanol–water partition coefficient (Wildman–Crippen LogP) is 0.785. The lowest BCUT2D eigenvalue weighted by molar-refractivity contribution is 0.0417. The minimum Gasteiger partial charge on any atom is -0.385 e. The summed E-state index contributed by atoms with van der Waals surface area (Å²) in [7, 11) is 5.74. The summed E-state index contributed by atoms with van der Waals surface area (Å²) in [6, 6.07) is 0. The largest absolute Gasteiger partial charge is 0.385 e. The first kappa shape index (κ1) is 17.9. The van der Waals surface area contributed by atoms with Gasteiger partial charge in [0.05, 0.1) is 6.61 Å². The number of nitrogens with two attached hydrogens (primary N) is 1. The van der Waals surface area contributed by atoms with Crippen molar-refractivity contribution in [3.8, 4) is 0 Å². The summed E-state index contributed by atoms with van der Waals surface area (Å²) >= 11 is 0. The highest BCUT2D eigenvalue weighted by molar-refractivity contribution is 4.94. The highest BCUT2D eigenvalue weighted by atomic mass is 16.5. The molecule has 1 fully saturated rings. The number of likely N-dealkylation sites (tertiary alicyclic amines) is 1. The Balaban J connectivity index is 2.70. The monoisotopic (exact) mass is 287 g/mol. The molecular weight excluding hydrogens is 254 g/mol. The van der Waals surface area contributed by atoms with Gasteiger partial charge in [0.2, 0.25) is 0 Å². The molecular formula is C15H33N3O2. The van der Waals surface area contributed by atoms with Gasteiger partial charge >= 0.3 is 0 Å². The standard InChI is InChI=1S/C15H33N3O2/c1-17-8-4-6-15(14-16,7-10-17)18(11-13-20-3)9-5-12-19-2/h4-14,16H2,1-3H3. The first-order valence-electron chi connectivity index (χ1n) is 7.80. The normalized spacial score (nSPS) is 25.1. The summed E-state index contributed by atoms with van der Waals surface area (Å²) in [4.78, 5) is 4.97. The first-order valence-corrected chi connectivity index (χ1v) is 7.80. The molecule has 1 rings (SSSR count). The van der Waals surface area contributed by atoms with Crippen LogP contribution in [0, 0.1) is 0 Å². The smallest absolute Gasteiger partial charge is 0.0589 e. The van der Waals surface area contributed by atoms with Crippen LogP contribution in [-0.4, -0.2) is 82.5 Å². The van der Waals surface area contributed by atoms with Gasteiger partial charge in [-0.25, -0.2) is 0 Å². The van der Waals surface area contributed by atoms with E-state index in [4.69, 9.17) is 15.2 Å². The molecule has 1 aliphatic heterocycles. The van der Waals surface area contributed by atoms with Gasteiger partial charge in [0.1, 0.15) is 0 Å². The molecule has 20 heavy (non-hydrogen) atoms. The highest BCUT2D eigenvalue weighted by Gasteiger charge is 2.36. The third-order valence-corrected chi connectivity index (χ3v) is 4.53. The number of ether oxygens (including phenoxy) is 2. The fraction of sp³-hybridized carbons (Fsp3) is 1.00. The van der Waals surface area contributed by atoms with E-state index in [9.17, 15) is 0 Å². The second-order valence-corrected chi connectivity index (χ2v) is 5.91. The van der Waals surface area contributed by atoms with Crippen molar-refractivity contribution in [1.82, 2.24) is 9.80 Å². The van der Waals surface area contributed by atoms with Gasteiger partial charge in [0.25, 0.3) is 0 Å². The molecule has 0 aliphatic carbocycles. The number of hydrogen-bond acceptors (Lipinski definition) is 5. The Labute approximate surface area is 124 Å². The Morgan fingerprint density at radius 2 is 1.85 bits per heavy atom. The van der Waals surface area contributed by atoms with Gasteiger partial charge < -0.3 is 20.1 Å². The van der Waals surface area contributed by atoms with Gasteiger partial charge in [0.15, 0.2) is 0 Å². The van der Waals surface area contributed by atoms with Gasteiger partial charge in [-0.1, -0.05) is 0 Å². The second kappa shape index (κ2) is 9.68. The van der Waals surface area contributed by atoms with Gasteiger partial charge in [-0.05, 0) is 45.8 Å². The molecule has 0 amide bonds. The third-order valence-electron chi connectivity index (χ3n) is 4.53. The van der Waals surface area contributed by atoms with E-state index >= 15 is 0 Å². The van der Waals surface area contributed by atoms with Crippen molar-refractivity contribution in [1.29, 1.82) is 0 Å². The van der Waals surface area contributed by atoms with Crippen molar-refractivity contribution in [3.05, 3.63) is 0 Å². The zero-order valence-corrected chi connectivity index (χ0v) is 13.6. The van der Waals surface area contributed by atoms with Crippen LogP contribution in [0.4, 0.5) is 0 Å². The number of nitrogens with zero attached hydrogens (tertiary/aromatic N) is 2. The SMILES string of the molecule is COCCCN(CCOC)C1(CN)CCCN(C)CC1. The van der Waals surface area contributed by atoms with Crippen LogP contribution in [-0.2, 0) is 9.47 Å². The summed E-state index contributed by atoms with van der Waals surface area (Å²) in [5.41, 5.74) is 6.33. The molecule has 1 atom stereocenters. The van der Waals surface area contributed by atoms with Crippen molar-refractivity contribution < 1.29 is 9.47 Å². The summed E-state index contributed by atoms with van der Waals surface area (Å²) in [6.07, 6.45) is 4.61. The molecule has 120 valence electrons. The molecule has 0 spiro atoms. The van der Waals surface area contributed by atoms with E-state index in [1.807, 2.05) is 0 Å². The molecule has 0 aromatic carbocycles. The third kappa shape index (κ3) is 5.30. The Kier molecular flexibility index (Phi) is 8.64. The molecule has 1 heterocycles. The Hall–Kier alpha value is -0.200. The van der Waals surface area contributed by atoms with Gasteiger partial charge in [-0.15, -0.1) is 0 Å². The van der Waals surface area contributed by atoms with E-state index in [0.717, 1.165) is 52.2 Å². The Morgan fingerprint density at radius 1 is 1.10 bits per heavy atom. The lowest BCUT2D eigenvalue weighted by Crippen LogP contribution is -2.55. The summed E-state index contributed by atoms with van der Waals surface area (Å²) in [5, 5.41) is 0. The van der Waals surface area contributed by atoms with E-state index in [2.05, 4.69) is 16.8 Å². The highest BCUT2D eigenvalue weighted by Crippen LogP contribution is 2.28. The van der Waals surface area contributed by atoms with Crippen LogP contribution in [0.2, 0.25) is 0 Å². The summed E-state index contributed by atoms with van der Waals surface area (Å²) in [5.74, 6) is 0. The fourth-order valence-corrected chi connectivity index (χ4v) is 3.15. The fourth-order valence-electron chi connectivity index (χ4n) is 3.15. The van der Waals surface area contributed by atoms with Crippen LogP contribution in [0.25, 0.3) is 0 Å². The molecule has 0 radical (unpaired) electrons. The number of hydrogen-bond donors (Lipinski definition) is 1. The van der Waals surface area contributed by atoms with Crippen molar-refractivity contribution in [3.63, 3.8) is 0 Å². The molecule has 5 nitrogen and oxygen atoms in total.